The Hall–Kier alpha value is -1.00. The van der Waals surface area contributed by atoms with Crippen molar-refractivity contribution >= 4 is 27.5 Å². The highest BCUT2D eigenvalue weighted by Crippen LogP contribution is 2.36. The van der Waals surface area contributed by atoms with Gasteiger partial charge in [0.1, 0.15) is 21.9 Å². The summed E-state index contributed by atoms with van der Waals surface area (Å²) in [4.78, 5) is 7.52. The molecule has 0 saturated carbocycles. The smallest absolute Gasteiger partial charge is 0.128 e. The average Bonchev–Trinajstić information content (AvgIpc) is 2.61. The number of rotatable bonds is 2. The van der Waals surface area contributed by atoms with E-state index >= 15 is 0 Å². The first-order valence-electron chi connectivity index (χ1n) is 5.09. The van der Waals surface area contributed by atoms with Gasteiger partial charge < -0.3 is 9.72 Å². The monoisotopic (exact) mass is 314 g/mol. The van der Waals surface area contributed by atoms with E-state index in [0.29, 0.717) is 5.02 Å². The second-order valence-electron chi connectivity index (χ2n) is 3.79. The van der Waals surface area contributed by atoms with E-state index < -0.39 is 0 Å². The fraction of sp³-hybridized carbons (Fsp3) is 0.250. The van der Waals surface area contributed by atoms with E-state index in [-0.39, 0.29) is 0 Å². The molecule has 1 aromatic heterocycles. The lowest BCUT2D eigenvalue weighted by Gasteiger charge is -2.09. The van der Waals surface area contributed by atoms with Gasteiger partial charge >= 0.3 is 0 Å². The highest BCUT2D eigenvalue weighted by Gasteiger charge is 2.15. The van der Waals surface area contributed by atoms with Gasteiger partial charge in [-0.3, -0.25) is 0 Å². The fourth-order valence-corrected chi connectivity index (χ4v) is 2.40. The van der Waals surface area contributed by atoms with Crippen LogP contribution in [0.3, 0.4) is 0 Å². The minimum atomic E-state index is 0.702. The zero-order chi connectivity index (χ0) is 12.6. The number of H-pyrrole nitrogens is 1. The number of nitrogens with zero attached hydrogens (tertiary/aromatic N) is 1. The molecule has 0 saturated heterocycles. The summed E-state index contributed by atoms with van der Waals surface area (Å²) >= 11 is 9.59. The summed E-state index contributed by atoms with van der Waals surface area (Å²) in [6, 6.07) is 3.78. The van der Waals surface area contributed by atoms with Gasteiger partial charge in [-0.05, 0) is 47.5 Å². The molecule has 0 atom stereocenters. The summed E-state index contributed by atoms with van der Waals surface area (Å²) in [5.74, 6) is 1.60. The maximum Gasteiger partial charge on any atom is 0.128 e. The second kappa shape index (κ2) is 4.70. The quantitative estimate of drug-likeness (QED) is 0.905. The first-order valence-corrected chi connectivity index (χ1v) is 6.26. The predicted molar refractivity (Wildman–Crippen MR) is 72.8 cm³/mol. The molecule has 0 radical (unpaired) electrons. The van der Waals surface area contributed by atoms with Gasteiger partial charge in [0.25, 0.3) is 0 Å². The molecule has 1 aromatic carbocycles. The molecule has 1 heterocycles. The minimum Gasteiger partial charge on any atom is -0.496 e. The van der Waals surface area contributed by atoms with Crippen molar-refractivity contribution in [2.75, 3.05) is 7.11 Å². The Kier molecular flexibility index (Phi) is 3.45. The van der Waals surface area contributed by atoms with Crippen molar-refractivity contribution in [3.63, 3.8) is 0 Å². The number of ether oxygens (including phenoxy) is 1. The maximum atomic E-state index is 6.14. The van der Waals surface area contributed by atoms with Crippen LogP contribution in [0.5, 0.6) is 5.75 Å². The molecule has 0 aliphatic rings. The second-order valence-corrected chi connectivity index (χ2v) is 4.99. The largest absolute Gasteiger partial charge is 0.496 e. The molecule has 90 valence electrons. The Morgan fingerprint density at radius 3 is 2.59 bits per heavy atom. The normalized spacial score (nSPS) is 10.6. The van der Waals surface area contributed by atoms with E-state index in [1.54, 1.807) is 7.11 Å². The maximum absolute atomic E-state index is 6.14. The number of halogens is 2. The van der Waals surface area contributed by atoms with E-state index in [1.807, 2.05) is 26.0 Å². The van der Waals surface area contributed by atoms with Crippen LogP contribution in [0.4, 0.5) is 0 Å². The SMILES string of the molecule is COc1cc(C)c(Cl)cc1-c1nc(C)[nH]c1Br. The van der Waals surface area contributed by atoms with E-state index in [0.717, 1.165) is 33.0 Å². The molecule has 0 spiro atoms. The van der Waals surface area contributed by atoms with Crippen LogP contribution >= 0.6 is 27.5 Å². The third kappa shape index (κ3) is 2.33. The molecule has 0 unspecified atom stereocenters. The van der Waals surface area contributed by atoms with Gasteiger partial charge in [0.15, 0.2) is 0 Å². The fourth-order valence-electron chi connectivity index (χ4n) is 1.65. The van der Waals surface area contributed by atoms with Crippen LogP contribution in [0.15, 0.2) is 16.7 Å². The van der Waals surface area contributed by atoms with Crippen LogP contribution in [0.2, 0.25) is 5.02 Å². The summed E-state index contributed by atoms with van der Waals surface area (Å²) in [6.07, 6.45) is 0. The van der Waals surface area contributed by atoms with Gasteiger partial charge in [-0.2, -0.15) is 0 Å². The molecular weight excluding hydrogens is 304 g/mol. The lowest BCUT2D eigenvalue weighted by Crippen LogP contribution is -1.91. The Labute approximate surface area is 113 Å². The van der Waals surface area contributed by atoms with Crippen molar-refractivity contribution in [2.24, 2.45) is 0 Å². The van der Waals surface area contributed by atoms with Crippen LogP contribution in [0.1, 0.15) is 11.4 Å². The number of aromatic nitrogens is 2. The number of hydrogen-bond donors (Lipinski definition) is 1. The van der Waals surface area contributed by atoms with Gasteiger partial charge in [0.2, 0.25) is 0 Å². The van der Waals surface area contributed by atoms with Gasteiger partial charge in [-0.1, -0.05) is 11.6 Å². The van der Waals surface area contributed by atoms with E-state index in [4.69, 9.17) is 16.3 Å². The highest BCUT2D eigenvalue weighted by molar-refractivity contribution is 9.10. The van der Waals surface area contributed by atoms with Crippen molar-refractivity contribution in [1.82, 2.24) is 9.97 Å². The average molecular weight is 316 g/mol. The molecule has 0 bridgehead atoms. The summed E-state index contributed by atoms with van der Waals surface area (Å²) in [5.41, 5.74) is 2.66. The molecule has 0 aliphatic heterocycles. The van der Waals surface area contributed by atoms with Crippen LogP contribution in [-0.2, 0) is 0 Å². The molecule has 1 N–H and O–H groups in total. The number of imidazole rings is 1. The van der Waals surface area contributed by atoms with Crippen LogP contribution < -0.4 is 4.74 Å². The lowest BCUT2D eigenvalue weighted by molar-refractivity contribution is 0.416. The molecule has 0 aliphatic carbocycles. The molecule has 2 rings (SSSR count). The lowest BCUT2D eigenvalue weighted by atomic mass is 10.1. The molecule has 2 aromatic rings. The van der Waals surface area contributed by atoms with Crippen LogP contribution in [-0.4, -0.2) is 17.1 Å². The molecule has 3 nitrogen and oxygen atoms in total. The predicted octanol–water partition coefficient (Wildman–Crippen LogP) is 4.12. The van der Waals surface area contributed by atoms with E-state index in [2.05, 4.69) is 25.9 Å². The Balaban J connectivity index is 2.66. The van der Waals surface area contributed by atoms with Crippen molar-refractivity contribution in [2.45, 2.75) is 13.8 Å². The van der Waals surface area contributed by atoms with E-state index in [9.17, 15) is 0 Å². The van der Waals surface area contributed by atoms with Crippen LogP contribution in [0.25, 0.3) is 11.3 Å². The topological polar surface area (TPSA) is 37.9 Å². The van der Waals surface area contributed by atoms with Gasteiger partial charge in [0.05, 0.1) is 7.11 Å². The van der Waals surface area contributed by atoms with Gasteiger partial charge in [0, 0.05) is 10.6 Å². The molecule has 17 heavy (non-hydrogen) atoms. The van der Waals surface area contributed by atoms with Crippen LogP contribution in [0, 0.1) is 13.8 Å². The summed E-state index contributed by atoms with van der Waals surface area (Å²) < 4.78 is 6.19. The zero-order valence-electron chi connectivity index (χ0n) is 9.77. The molecule has 0 fully saturated rings. The van der Waals surface area contributed by atoms with Crippen molar-refractivity contribution in [3.8, 4) is 17.0 Å². The molecular formula is C12H12BrClN2O. The number of aromatic amines is 1. The Bertz CT molecular complexity index is 566. The molecule has 5 heteroatoms. The number of hydrogen-bond acceptors (Lipinski definition) is 2. The third-order valence-corrected chi connectivity index (χ3v) is 3.49. The summed E-state index contributed by atoms with van der Waals surface area (Å²) in [7, 11) is 1.64. The van der Waals surface area contributed by atoms with Crippen molar-refractivity contribution in [3.05, 3.63) is 33.1 Å². The summed E-state index contributed by atoms with van der Waals surface area (Å²) in [6.45, 7) is 3.84. The van der Waals surface area contributed by atoms with Crippen molar-refractivity contribution < 1.29 is 4.74 Å². The van der Waals surface area contributed by atoms with Gasteiger partial charge in [-0.25, -0.2) is 4.98 Å². The van der Waals surface area contributed by atoms with Gasteiger partial charge in [-0.15, -0.1) is 0 Å². The highest BCUT2D eigenvalue weighted by atomic mass is 79.9. The number of methoxy groups -OCH3 is 1. The molecule has 0 amide bonds. The number of nitrogens with one attached hydrogen (secondary N) is 1. The number of benzene rings is 1. The Morgan fingerprint density at radius 1 is 1.35 bits per heavy atom. The third-order valence-electron chi connectivity index (χ3n) is 2.51. The zero-order valence-corrected chi connectivity index (χ0v) is 12.1. The van der Waals surface area contributed by atoms with E-state index in [1.165, 1.54) is 0 Å². The Morgan fingerprint density at radius 2 is 2.06 bits per heavy atom. The minimum absolute atomic E-state index is 0.702. The first-order chi connectivity index (χ1) is 8.02. The number of aryl methyl sites for hydroxylation is 2. The standard InChI is InChI=1S/C12H12BrClN2O/c1-6-4-10(17-3)8(5-9(6)14)11-12(13)16-7(2)15-11/h4-5H,1-3H3,(H,15,16). The van der Waals surface area contributed by atoms with Crippen molar-refractivity contribution in [1.29, 1.82) is 0 Å². The first kappa shape index (κ1) is 12.5. The summed E-state index contributed by atoms with van der Waals surface area (Å²) in [5, 5.41) is 0.702.